The van der Waals surface area contributed by atoms with E-state index in [-0.39, 0.29) is 18.4 Å². The SMILES string of the molecule is CC(CN)C(=O)NCc1nc(-c2ccc(Cl)cc2)no1. The van der Waals surface area contributed by atoms with Crippen molar-refractivity contribution in [2.75, 3.05) is 6.54 Å². The van der Waals surface area contributed by atoms with E-state index in [9.17, 15) is 4.79 Å². The van der Waals surface area contributed by atoms with Crippen LogP contribution in [0.15, 0.2) is 28.8 Å². The van der Waals surface area contributed by atoms with E-state index in [1.54, 1.807) is 31.2 Å². The Morgan fingerprint density at radius 2 is 2.15 bits per heavy atom. The lowest BCUT2D eigenvalue weighted by atomic mass is 10.2. The summed E-state index contributed by atoms with van der Waals surface area (Å²) in [4.78, 5) is 15.8. The molecule has 1 aromatic carbocycles. The maximum absolute atomic E-state index is 11.6. The first-order chi connectivity index (χ1) is 9.60. The third-order valence-corrected chi connectivity index (χ3v) is 3.04. The van der Waals surface area contributed by atoms with Crippen molar-refractivity contribution in [2.24, 2.45) is 11.7 Å². The van der Waals surface area contributed by atoms with Crippen molar-refractivity contribution < 1.29 is 9.32 Å². The lowest BCUT2D eigenvalue weighted by molar-refractivity contribution is -0.124. The van der Waals surface area contributed by atoms with Crippen LogP contribution in [0.2, 0.25) is 5.02 Å². The average Bonchev–Trinajstić information content (AvgIpc) is 2.93. The third-order valence-electron chi connectivity index (χ3n) is 2.79. The maximum Gasteiger partial charge on any atom is 0.246 e. The van der Waals surface area contributed by atoms with Gasteiger partial charge < -0.3 is 15.6 Å². The fraction of sp³-hybridized carbons (Fsp3) is 0.308. The van der Waals surface area contributed by atoms with Crippen LogP contribution >= 0.6 is 11.6 Å². The van der Waals surface area contributed by atoms with E-state index in [2.05, 4.69) is 15.5 Å². The molecule has 1 unspecified atom stereocenters. The fourth-order valence-corrected chi connectivity index (χ4v) is 1.61. The van der Waals surface area contributed by atoms with Crippen molar-refractivity contribution in [3.8, 4) is 11.4 Å². The van der Waals surface area contributed by atoms with Crippen LogP contribution in [0.5, 0.6) is 0 Å². The van der Waals surface area contributed by atoms with Crippen molar-refractivity contribution in [3.05, 3.63) is 35.2 Å². The largest absolute Gasteiger partial charge is 0.347 e. The summed E-state index contributed by atoms with van der Waals surface area (Å²) in [5.41, 5.74) is 6.21. The summed E-state index contributed by atoms with van der Waals surface area (Å²) >= 11 is 5.81. The van der Waals surface area contributed by atoms with Crippen molar-refractivity contribution in [3.63, 3.8) is 0 Å². The van der Waals surface area contributed by atoms with Gasteiger partial charge in [0.05, 0.1) is 6.54 Å². The Bertz CT molecular complexity index is 582. The number of carbonyl (C=O) groups is 1. The van der Waals surface area contributed by atoms with Gasteiger partial charge in [-0.05, 0) is 24.3 Å². The van der Waals surface area contributed by atoms with Crippen molar-refractivity contribution in [1.82, 2.24) is 15.5 Å². The Hall–Kier alpha value is -1.92. The second-order valence-electron chi connectivity index (χ2n) is 4.37. The molecule has 7 heteroatoms. The molecule has 0 saturated heterocycles. The topological polar surface area (TPSA) is 94.0 Å². The summed E-state index contributed by atoms with van der Waals surface area (Å²) < 4.78 is 5.07. The lowest BCUT2D eigenvalue weighted by Crippen LogP contribution is -2.32. The zero-order valence-electron chi connectivity index (χ0n) is 11.0. The number of nitrogens with one attached hydrogen (secondary N) is 1. The number of halogens is 1. The minimum Gasteiger partial charge on any atom is -0.347 e. The molecule has 0 aliphatic rings. The van der Waals surface area contributed by atoms with Gasteiger partial charge in [0.25, 0.3) is 0 Å². The average molecular weight is 295 g/mol. The van der Waals surface area contributed by atoms with E-state index >= 15 is 0 Å². The van der Waals surface area contributed by atoms with Crippen molar-refractivity contribution >= 4 is 17.5 Å². The molecule has 0 aliphatic carbocycles. The second-order valence-corrected chi connectivity index (χ2v) is 4.81. The van der Waals surface area contributed by atoms with Gasteiger partial charge in [-0.1, -0.05) is 23.7 Å². The van der Waals surface area contributed by atoms with Gasteiger partial charge in [0.15, 0.2) is 0 Å². The Balaban J connectivity index is 1.99. The van der Waals surface area contributed by atoms with Crippen molar-refractivity contribution in [1.29, 1.82) is 0 Å². The quantitative estimate of drug-likeness (QED) is 0.873. The van der Waals surface area contributed by atoms with Gasteiger partial charge in [-0.15, -0.1) is 0 Å². The van der Waals surface area contributed by atoms with Gasteiger partial charge >= 0.3 is 0 Å². The van der Waals surface area contributed by atoms with Crippen LogP contribution in [0, 0.1) is 5.92 Å². The smallest absolute Gasteiger partial charge is 0.246 e. The van der Waals surface area contributed by atoms with Crippen LogP contribution < -0.4 is 11.1 Å². The fourth-order valence-electron chi connectivity index (χ4n) is 1.49. The zero-order valence-corrected chi connectivity index (χ0v) is 11.7. The predicted molar refractivity (Wildman–Crippen MR) is 74.8 cm³/mol. The summed E-state index contributed by atoms with van der Waals surface area (Å²) in [6.45, 7) is 2.23. The summed E-state index contributed by atoms with van der Waals surface area (Å²) in [5.74, 6) is 0.415. The highest BCUT2D eigenvalue weighted by molar-refractivity contribution is 6.30. The van der Waals surface area contributed by atoms with E-state index in [0.29, 0.717) is 23.3 Å². The van der Waals surface area contributed by atoms with Crippen LogP contribution in [0.3, 0.4) is 0 Å². The Kier molecular flexibility index (Phi) is 4.70. The molecule has 3 N–H and O–H groups in total. The van der Waals surface area contributed by atoms with Crippen LogP contribution in [-0.4, -0.2) is 22.6 Å². The zero-order chi connectivity index (χ0) is 14.5. The van der Waals surface area contributed by atoms with Gasteiger partial charge in [-0.2, -0.15) is 4.98 Å². The number of hydrogen-bond donors (Lipinski definition) is 2. The molecule has 1 atom stereocenters. The number of aromatic nitrogens is 2. The number of nitrogens with zero attached hydrogens (tertiary/aromatic N) is 2. The predicted octanol–water partition coefficient (Wildman–Crippen LogP) is 1.60. The molecule has 0 fully saturated rings. The molecule has 1 aromatic heterocycles. The minimum atomic E-state index is -0.242. The van der Waals surface area contributed by atoms with E-state index in [1.807, 2.05) is 0 Å². The molecule has 106 valence electrons. The van der Waals surface area contributed by atoms with Crippen LogP contribution in [0.4, 0.5) is 0 Å². The molecule has 2 rings (SSSR count). The molecule has 6 nitrogen and oxygen atoms in total. The molecule has 0 saturated carbocycles. The standard InChI is InChI=1S/C13H15ClN4O2/c1-8(6-15)13(19)16-7-11-17-12(18-20-11)9-2-4-10(14)5-3-9/h2-5,8H,6-7,15H2,1H3,(H,16,19). The number of hydrogen-bond acceptors (Lipinski definition) is 5. The molecular weight excluding hydrogens is 280 g/mol. The van der Waals surface area contributed by atoms with Gasteiger partial charge in [-0.25, -0.2) is 0 Å². The minimum absolute atomic E-state index is 0.140. The van der Waals surface area contributed by atoms with E-state index < -0.39 is 0 Å². The first-order valence-electron chi connectivity index (χ1n) is 6.16. The highest BCUT2D eigenvalue weighted by Gasteiger charge is 2.13. The molecule has 20 heavy (non-hydrogen) atoms. The van der Waals surface area contributed by atoms with E-state index in [1.165, 1.54) is 0 Å². The van der Waals surface area contributed by atoms with Crippen LogP contribution in [0.25, 0.3) is 11.4 Å². The normalized spacial score (nSPS) is 12.2. The number of benzene rings is 1. The number of rotatable bonds is 5. The third kappa shape index (κ3) is 3.55. The van der Waals surface area contributed by atoms with Crippen molar-refractivity contribution in [2.45, 2.75) is 13.5 Å². The first kappa shape index (κ1) is 14.5. The molecule has 0 bridgehead atoms. The highest BCUT2D eigenvalue weighted by Crippen LogP contribution is 2.18. The number of carbonyl (C=O) groups excluding carboxylic acids is 1. The Labute approximate surface area is 121 Å². The Morgan fingerprint density at radius 3 is 2.80 bits per heavy atom. The number of amides is 1. The van der Waals surface area contributed by atoms with E-state index in [0.717, 1.165) is 5.56 Å². The van der Waals surface area contributed by atoms with E-state index in [4.69, 9.17) is 21.9 Å². The second kappa shape index (κ2) is 6.49. The summed E-state index contributed by atoms with van der Waals surface area (Å²) in [6, 6.07) is 7.09. The molecule has 1 amide bonds. The summed E-state index contributed by atoms with van der Waals surface area (Å²) in [7, 11) is 0. The monoisotopic (exact) mass is 294 g/mol. The van der Waals surface area contributed by atoms with Crippen LogP contribution in [0.1, 0.15) is 12.8 Å². The molecule has 2 aromatic rings. The molecule has 0 spiro atoms. The van der Waals surface area contributed by atoms with Gasteiger partial charge in [-0.3, -0.25) is 4.79 Å². The summed E-state index contributed by atoms with van der Waals surface area (Å²) in [5, 5.41) is 7.18. The Morgan fingerprint density at radius 1 is 1.45 bits per heavy atom. The van der Waals surface area contributed by atoms with Gasteiger partial charge in [0.2, 0.25) is 17.6 Å². The summed E-state index contributed by atoms with van der Waals surface area (Å²) in [6.07, 6.45) is 0. The lowest BCUT2D eigenvalue weighted by Gasteiger charge is -2.07. The molecule has 1 heterocycles. The maximum atomic E-state index is 11.6. The number of nitrogens with two attached hydrogens (primary N) is 1. The highest BCUT2D eigenvalue weighted by atomic mass is 35.5. The van der Waals surface area contributed by atoms with Gasteiger partial charge in [0, 0.05) is 23.0 Å². The molecule has 0 aliphatic heterocycles. The molecule has 0 radical (unpaired) electrons. The first-order valence-corrected chi connectivity index (χ1v) is 6.54. The van der Waals surface area contributed by atoms with Gasteiger partial charge in [0.1, 0.15) is 0 Å². The molecular formula is C13H15ClN4O2. The van der Waals surface area contributed by atoms with Crippen LogP contribution in [-0.2, 0) is 11.3 Å².